The molecule has 0 aliphatic carbocycles. The third kappa shape index (κ3) is 6.77. The van der Waals surface area contributed by atoms with Crippen LogP contribution in [0.15, 0.2) is 24.3 Å². The Morgan fingerprint density at radius 2 is 1.72 bits per heavy atom. The molecule has 2 N–H and O–H groups in total. The molecule has 1 heterocycles. The first-order valence-corrected chi connectivity index (χ1v) is 9.15. The van der Waals surface area contributed by atoms with Gasteiger partial charge in [0.15, 0.2) is 0 Å². The molecular weight excluding hydrogens is 314 g/mol. The van der Waals surface area contributed by atoms with Crippen LogP contribution in [-0.2, 0) is 11.2 Å². The summed E-state index contributed by atoms with van der Waals surface area (Å²) in [5.41, 5.74) is 2.20. The predicted octanol–water partition coefficient (Wildman–Crippen LogP) is 3.02. The van der Waals surface area contributed by atoms with Crippen molar-refractivity contribution in [2.45, 2.75) is 65.0 Å². The fourth-order valence-electron chi connectivity index (χ4n) is 3.00. The zero-order valence-corrected chi connectivity index (χ0v) is 15.9. The van der Waals surface area contributed by atoms with Gasteiger partial charge in [0, 0.05) is 31.1 Å². The Hall–Kier alpha value is -2.04. The van der Waals surface area contributed by atoms with Crippen molar-refractivity contribution in [2.75, 3.05) is 13.1 Å². The highest BCUT2D eigenvalue weighted by Gasteiger charge is 2.24. The molecule has 0 radical (unpaired) electrons. The largest absolute Gasteiger partial charge is 0.343 e. The van der Waals surface area contributed by atoms with Gasteiger partial charge in [0.2, 0.25) is 5.91 Å². The lowest BCUT2D eigenvalue weighted by molar-refractivity contribution is -0.132. The highest BCUT2D eigenvalue weighted by atomic mass is 16.2. The molecule has 1 saturated heterocycles. The van der Waals surface area contributed by atoms with Crippen LogP contribution in [0.4, 0.5) is 4.79 Å². The number of rotatable bonds is 4. The Bertz CT molecular complexity index is 582. The molecule has 0 spiro atoms. The Morgan fingerprint density at radius 1 is 1.12 bits per heavy atom. The Morgan fingerprint density at radius 3 is 2.28 bits per heavy atom. The second-order valence-corrected chi connectivity index (χ2v) is 7.99. The summed E-state index contributed by atoms with van der Waals surface area (Å²) in [5.74, 6) is 0.207. The second-order valence-electron chi connectivity index (χ2n) is 7.99. The number of nitrogens with one attached hydrogen (secondary N) is 2. The van der Waals surface area contributed by atoms with Crippen LogP contribution >= 0.6 is 0 Å². The zero-order chi connectivity index (χ0) is 18.4. The zero-order valence-electron chi connectivity index (χ0n) is 15.9. The summed E-state index contributed by atoms with van der Waals surface area (Å²) in [6, 6.07) is 8.36. The number of nitrogens with zero attached hydrogens (tertiary/aromatic N) is 1. The number of carbonyl (C=O) groups is 2. The Balaban J connectivity index is 1.71. The highest BCUT2D eigenvalue weighted by molar-refractivity contribution is 5.77. The quantitative estimate of drug-likeness (QED) is 0.881. The van der Waals surface area contributed by atoms with Crippen LogP contribution in [0.3, 0.4) is 0 Å². The maximum Gasteiger partial charge on any atom is 0.315 e. The molecule has 0 aromatic heterocycles. The molecule has 1 aromatic carbocycles. The molecule has 0 saturated carbocycles. The van der Waals surface area contributed by atoms with Crippen LogP contribution < -0.4 is 10.6 Å². The predicted molar refractivity (Wildman–Crippen MR) is 101 cm³/mol. The van der Waals surface area contributed by atoms with Gasteiger partial charge in [0.05, 0.1) is 0 Å². The Kier molecular flexibility index (Phi) is 6.45. The van der Waals surface area contributed by atoms with E-state index in [4.69, 9.17) is 0 Å². The Labute approximate surface area is 151 Å². The van der Waals surface area contributed by atoms with Gasteiger partial charge in [0.1, 0.15) is 0 Å². The first-order chi connectivity index (χ1) is 11.7. The van der Waals surface area contributed by atoms with Crippen molar-refractivity contribution >= 4 is 11.9 Å². The maximum absolute atomic E-state index is 12.4. The van der Waals surface area contributed by atoms with E-state index in [2.05, 4.69) is 41.8 Å². The fraction of sp³-hybridized carbons (Fsp3) is 0.600. The number of hydrogen-bond acceptors (Lipinski definition) is 2. The number of hydrogen-bond donors (Lipinski definition) is 2. The SMILES string of the molecule is Cc1ccc(CCC(=O)N2CCC(NC(=O)NC(C)(C)C)CC2)cc1. The number of amides is 3. The third-order valence-corrected chi connectivity index (χ3v) is 4.42. The van der Waals surface area contributed by atoms with Crippen molar-refractivity contribution in [3.8, 4) is 0 Å². The molecule has 1 aliphatic heterocycles. The van der Waals surface area contributed by atoms with Crippen molar-refractivity contribution in [2.24, 2.45) is 0 Å². The summed E-state index contributed by atoms with van der Waals surface area (Å²) in [7, 11) is 0. The standard InChI is InChI=1S/C20H31N3O2/c1-15-5-7-16(8-6-15)9-10-18(24)23-13-11-17(12-14-23)21-19(25)22-20(2,3)4/h5-8,17H,9-14H2,1-4H3,(H2,21,22,25). The molecule has 3 amide bonds. The minimum atomic E-state index is -0.239. The molecule has 5 nitrogen and oxygen atoms in total. The van der Waals surface area contributed by atoms with Gasteiger partial charge in [-0.15, -0.1) is 0 Å². The lowest BCUT2D eigenvalue weighted by Crippen LogP contribution is -2.52. The van der Waals surface area contributed by atoms with Crippen molar-refractivity contribution in [1.82, 2.24) is 15.5 Å². The van der Waals surface area contributed by atoms with Crippen LogP contribution in [-0.4, -0.2) is 41.5 Å². The minimum Gasteiger partial charge on any atom is -0.343 e. The van der Waals surface area contributed by atoms with Crippen LogP contribution in [0.2, 0.25) is 0 Å². The molecule has 0 unspecified atom stereocenters. The van der Waals surface area contributed by atoms with E-state index in [9.17, 15) is 9.59 Å². The van der Waals surface area contributed by atoms with Gasteiger partial charge < -0.3 is 15.5 Å². The number of aryl methyl sites for hydroxylation is 2. The molecule has 0 bridgehead atoms. The summed E-state index contributed by atoms with van der Waals surface area (Å²) in [5, 5.41) is 5.92. The monoisotopic (exact) mass is 345 g/mol. The third-order valence-electron chi connectivity index (χ3n) is 4.42. The average Bonchev–Trinajstić information content (AvgIpc) is 2.53. The normalized spacial score (nSPS) is 15.8. The number of likely N-dealkylation sites (tertiary alicyclic amines) is 1. The molecule has 1 fully saturated rings. The molecule has 2 rings (SSSR count). The van der Waals surface area contributed by atoms with Crippen LogP contribution in [0.25, 0.3) is 0 Å². The summed E-state index contributed by atoms with van der Waals surface area (Å²) in [6.45, 7) is 9.38. The van der Waals surface area contributed by atoms with E-state index in [1.165, 1.54) is 11.1 Å². The van der Waals surface area contributed by atoms with E-state index in [1.807, 2.05) is 25.7 Å². The minimum absolute atomic E-state index is 0.128. The van der Waals surface area contributed by atoms with Crippen molar-refractivity contribution < 1.29 is 9.59 Å². The molecular formula is C20H31N3O2. The number of urea groups is 1. The van der Waals surface area contributed by atoms with Gasteiger partial charge >= 0.3 is 6.03 Å². The van der Waals surface area contributed by atoms with Gasteiger partial charge in [-0.05, 0) is 52.5 Å². The van der Waals surface area contributed by atoms with E-state index < -0.39 is 0 Å². The van der Waals surface area contributed by atoms with E-state index in [-0.39, 0.29) is 23.5 Å². The first-order valence-electron chi connectivity index (χ1n) is 9.15. The topological polar surface area (TPSA) is 61.4 Å². The lowest BCUT2D eigenvalue weighted by atomic mass is 10.0. The fourth-order valence-corrected chi connectivity index (χ4v) is 3.00. The van der Waals surface area contributed by atoms with Gasteiger partial charge in [-0.25, -0.2) is 4.79 Å². The van der Waals surface area contributed by atoms with Crippen LogP contribution in [0.1, 0.15) is 51.2 Å². The number of piperidine rings is 1. The number of carbonyl (C=O) groups excluding carboxylic acids is 2. The van der Waals surface area contributed by atoms with Crippen molar-refractivity contribution in [3.05, 3.63) is 35.4 Å². The first kappa shape index (κ1) is 19.3. The molecule has 5 heteroatoms. The van der Waals surface area contributed by atoms with E-state index in [1.54, 1.807) is 0 Å². The summed E-state index contributed by atoms with van der Waals surface area (Å²) >= 11 is 0. The van der Waals surface area contributed by atoms with E-state index in [0.717, 1.165) is 19.3 Å². The van der Waals surface area contributed by atoms with Gasteiger partial charge in [-0.1, -0.05) is 29.8 Å². The molecule has 0 atom stereocenters. The van der Waals surface area contributed by atoms with Gasteiger partial charge in [-0.3, -0.25) is 4.79 Å². The molecule has 1 aromatic rings. The van der Waals surface area contributed by atoms with Gasteiger partial charge in [-0.2, -0.15) is 0 Å². The summed E-state index contributed by atoms with van der Waals surface area (Å²) < 4.78 is 0. The smallest absolute Gasteiger partial charge is 0.315 e. The average molecular weight is 345 g/mol. The summed E-state index contributed by atoms with van der Waals surface area (Å²) in [4.78, 5) is 26.2. The molecule has 1 aliphatic rings. The summed E-state index contributed by atoms with van der Waals surface area (Å²) in [6.07, 6.45) is 2.96. The molecule has 138 valence electrons. The lowest BCUT2D eigenvalue weighted by Gasteiger charge is -2.33. The highest BCUT2D eigenvalue weighted by Crippen LogP contribution is 2.13. The van der Waals surface area contributed by atoms with Crippen molar-refractivity contribution in [3.63, 3.8) is 0 Å². The maximum atomic E-state index is 12.4. The van der Waals surface area contributed by atoms with Crippen LogP contribution in [0, 0.1) is 6.92 Å². The second kappa shape index (κ2) is 8.37. The van der Waals surface area contributed by atoms with Crippen molar-refractivity contribution in [1.29, 1.82) is 0 Å². The van der Waals surface area contributed by atoms with Gasteiger partial charge in [0.25, 0.3) is 0 Å². The number of benzene rings is 1. The molecule has 25 heavy (non-hydrogen) atoms. The van der Waals surface area contributed by atoms with E-state index >= 15 is 0 Å². The van der Waals surface area contributed by atoms with Crippen LogP contribution in [0.5, 0.6) is 0 Å². The van der Waals surface area contributed by atoms with E-state index in [0.29, 0.717) is 19.5 Å².